The molecule has 0 bridgehead atoms. The third kappa shape index (κ3) is 6.10. The number of alkyl carbamates (subject to hydrolysis) is 1. The SMILES string of the molecule is CC(C)(C)OC(=O)NC[C@@H]1CCCN(Cc2cnc(Cl)s2)C1. The van der Waals surface area contributed by atoms with Gasteiger partial charge in [-0.05, 0) is 46.1 Å². The first kappa shape index (κ1) is 17.5. The number of piperidine rings is 1. The van der Waals surface area contributed by atoms with Crippen molar-refractivity contribution in [2.24, 2.45) is 5.92 Å². The molecule has 1 aliphatic rings. The highest BCUT2D eigenvalue weighted by Crippen LogP contribution is 2.23. The molecular formula is C15H24ClN3O2S. The van der Waals surface area contributed by atoms with Gasteiger partial charge in [-0.15, -0.1) is 11.3 Å². The van der Waals surface area contributed by atoms with Crippen LogP contribution in [0.15, 0.2) is 6.20 Å². The Morgan fingerprint density at radius 1 is 1.59 bits per heavy atom. The van der Waals surface area contributed by atoms with Gasteiger partial charge in [0, 0.05) is 30.7 Å². The Labute approximate surface area is 141 Å². The Kier molecular flexibility index (Phi) is 6.06. The van der Waals surface area contributed by atoms with E-state index in [0.717, 1.165) is 32.5 Å². The van der Waals surface area contributed by atoms with E-state index in [9.17, 15) is 4.79 Å². The van der Waals surface area contributed by atoms with E-state index in [0.29, 0.717) is 16.9 Å². The van der Waals surface area contributed by atoms with Crippen LogP contribution in [0.25, 0.3) is 0 Å². The van der Waals surface area contributed by atoms with Gasteiger partial charge in [-0.1, -0.05) is 11.6 Å². The van der Waals surface area contributed by atoms with Crippen molar-refractivity contribution in [3.8, 4) is 0 Å². The van der Waals surface area contributed by atoms with E-state index in [2.05, 4.69) is 15.2 Å². The summed E-state index contributed by atoms with van der Waals surface area (Å²) in [6.07, 6.45) is 3.79. The third-order valence-corrected chi connectivity index (χ3v) is 4.54. The average molecular weight is 346 g/mol. The number of amides is 1. The standard InChI is InChI=1S/C15H24ClN3O2S/c1-15(2,3)21-14(20)18-7-11-5-4-6-19(9-11)10-12-8-17-13(16)22-12/h8,11H,4-7,9-10H2,1-3H3,(H,18,20)/t11-/m0/s1. The molecule has 1 N–H and O–H groups in total. The maximum absolute atomic E-state index is 11.7. The molecule has 0 aromatic carbocycles. The van der Waals surface area contributed by atoms with Crippen LogP contribution >= 0.6 is 22.9 Å². The second kappa shape index (κ2) is 7.62. The highest BCUT2D eigenvalue weighted by Gasteiger charge is 2.22. The zero-order chi connectivity index (χ0) is 16.2. The van der Waals surface area contributed by atoms with E-state index in [4.69, 9.17) is 16.3 Å². The van der Waals surface area contributed by atoms with E-state index in [1.165, 1.54) is 16.2 Å². The molecule has 2 heterocycles. The van der Waals surface area contributed by atoms with Crippen LogP contribution < -0.4 is 5.32 Å². The topological polar surface area (TPSA) is 54.5 Å². The van der Waals surface area contributed by atoms with Crippen LogP contribution in [0.4, 0.5) is 4.79 Å². The highest BCUT2D eigenvalue weighted by atomic mass is 35.5. The summed E-state index contributed by atoms with van der Waals surface area (Å²) in [6.45, 7) is 9.21. The number of carbonyl (C=O) groups is 1. The van der Waals surface area contributed by atoms with Crippen LogP contribution in [0.2, 0.25) is 4.47 Å². The number of nitrogens with zero attached hydrogens (tertiary/aromatic N) is 2. The molecule has 0 spiro atoms. The number of hydrogen-bond acceptors (Lipinski definition) is 5. The minimum absolute atomic E-state index is 0.334. The average Bonchev–Trinajstić information content (AvgIpc) is 2.80. The fraction of sp³-hybridized carbons (Fsp3) is 0.733. The van der Waals surface area contributed by atoms with Crippen LogP contribution in [-0.4, -0.2) is 41.2 Å². The predicted octanol–water partition coefficient (Wildman–Crippen LogP) is 3.53. The number of likely N-dealkylation sites (tertiary alicyclic amines) is 1. The van der Waals surface area contributed by atoms with E-state index in [1.54, 1.807) is 0 Å². The van der Waals surface area contributed by atoms with Crippen molar-refractivity contribution in [3.05, 3.63) is 15.5 Å². The molecular weight excluding hydrogens is 322 g/mol. The maximum atomic E-state index is 11.7. The summed E-state index contributed by atoms with van der Waals surface area (Å²) >= 11 is 7.40. The molecule has 1 saturated heterocycles. The van der Waals surface area contributed by atoms with Crippen molar-refractivity contribution < 1.29 is 9.53 Å². The molecule has 1 amide bonds. The number of carbonyl (C=O) groups excluding carboxylic acids is 1. The third-order valence-electron chi connectivity index (χ3n) is 3.44. The largest absolute Gasteiger partial charge is 0.444 e. The van der Waals surface area contributed by atoms with Crippen molar-refractivity contribution in [1.82, 2.24) is 15.2 Å². The first-order valence-electron chi connectivity index (χ1n) is 7.61. The number of aromatic nitrogens is 1. The van der Waals surface area contributed by atoms with Gasteiger partial charge in [-0.3, -0.25) is 4.90 Å². The Bertz CT molecular complexity index is 501. The van der Waals surface area contributed by atoms with E-state index in [-0.39, 0.29) is 6.09 Å². The minimum atomic E-state index is -0.450. The Hall–Kier alpha value is -0.850. The number of halogens is 1. The predicted molar refractivity (Wildman–Crippen MR) is 89.4 cm³/mol. The molecule has 1 aromatic heterocycles. The number of rotatable bonds is 4. The molecule has 1 aliphatic heterocycles. The van der Waals surface area contributed by atoms with E-state index in [1.807, 2.05) is 27.0 Å². The lowest BCUT2D eigenvalue weighted by Crippen LogP contribution is -2.41. The lowest BCUT2D eigenvalue weighted by Gasteiger charge is -2.32. The molecule has 5 nitrogen and oxygen atoms in total. The fourth-order valence-electron chi connectivity index (χ4n) is 2.58. The minimum Gasteiger partial charge on any atom is -0.444 e. The Balaban J connectivity index is 1.75. The molecule has 7 heteroatoms. The molecule has 0 radical (unpaired) electrons. The number of nitrogens with one attached hydrogen (secondary N) is 1. The molecule has 1 atom stereocenters. The summed E-state index contributed by atoms with van der Waals surface area (Å²) in [5.74, 6) is 0.463. The van der Waals surface area contributed by atoms with Crippen molar-refractivity contribution in [3.63, 3.8) is 0 Å². The molecule has 0 unspecified atom stereocenters. The van der Waals surface area contributed by atoms with Gasteiger partial charge >= 0.3 is 6.09 Å². The Morgan fingerprint density at radius 3 is 3.00 bits per heavy atom. The number of ether oxygens (including phenoxy) is 1. The second-order valence-corrected chi connectivity index (χ2v) is 8.40. The maximum Gasteiger partial charge on any atom is 0.407 e. The highest BCUT2D eigenvalue weighted by molar-refractivity contribution is 7.15. The van der Waals surface area contributed by atoms with Crippen molar-refractivity contribution in [1.29, 1.82) is 0 Å². The first-order valence-corrected chi connectivity index (χ1v) is 8.81. The smallest absolute Gasteiger partial charge is 0.407 e. The molecule has 1 fully saturated rings. The fourth-order valence-corrected chi connectivity index (χ4v) is 3.60. The van der Waals surface area contributed by atoms with Gasteiger partial charge in [0.25, 0.3) is 0 Å². The lowest BCUT2D eigenvalue weighted by molar-refractivity contribution is 0.0506. The summed E-state index contributed by atoms with van der Waals surface area (Å²) in [5.41, 5.74) is -0.450. The summed E-state index contributed by atoms with van der Waals surface area (Å²) in [7, 11) is 0. The lowest BCUT2D eigenvalue weighted by atomic mass is 9.98. The number of thiazole rings is 1. The van der Waals surface area contributed by atoms with Crippen LogP contribution in [0, 0.1) is 5.92 Å². The summed E-state index contributed by atoms with van der Waals surface area (Å²) in [5, 5.41) is 2.88. The molecule has 22 heavy (non-hydrogen) atoms. The van der Waals surface area contributed by atoms with Gasteiger partial charge < -0.3 is 10.1 Å². The quantitative estimate of drug-likeness (QED) is 0.906. The summed E-state index contributed by atoms with van der Waals surface area (Å²) in [4.78, 5) is 19.4. The van der Waals surface area contributed by atoms with Gasteiger partial charge in [0.2, 0.25) is 0 Å². The van der Waals surface area contributed by atoms with Crippen molar-refractivity contribution in [2.75, 3.05) is 19.6 Å². The van der Waals surface area contributed by atoms with Crippen LogP contribution in [-0.2, 0) is 11.3 Å². The van der Waals surface area contributed by atoms with Crippen LogP contribution in [0.3, 0.4) is 0 Å². The second-order valence-electron chi connectivity index (χ2n) is 6.71. The normalized spacial score (nSPS) is 19.9. The molecule has 0 saturated carbocycles. The van der Waals surface area contributed by atoms with Gasteiger partial charge in [-0.25, -0.2) is 9.78 Å². The van der Waals surface area contributed by atoms with Crippen molar-refractivity contribution in [2.45, 2.75) is 45.8 Å². The van der Waals surface area contributed by atoms with Gasteiger partial charge in [0.15, 0.2) is 4.47 Å². The molecule has 124 valence electrons. The van der Waals surface area contributed by atoms with Crippen molar-refractivity contribution >= 4 is 29.0 Å². The monoisotopic (exact) mass is 345 g/mol. The van der Waals surface area contributed by atoms with E-state index >= 15 is 0 Å². The zero-order valence-corrected chi connectivity index (χ0v) is 15.0. The molecule has 2 rings (SSSR count). The summed E-state index contributed by atoms with van der Waals surface area (Å²) < 4.78 is 5.86. The van der Waals surface area contributed by atoms with Crippen LogP contribution in [0.5, 0.6) is 0 Å². The van der Waals surface area contributed by atoms with E-state index < -0.39 is 5.60 Å². The summed E-state index contributed by atoms with van der Waals surface area (Å²) in [6, 6.07) is 0. The molecule has 0 aliphatic carbocycles. The zero-order valence-electron chi connectivity index (χ0n) is 13.4. The first-order chi connectivity index (χ1) is 10.3. The van der Waals surface area contributed by atoms with Gasteiger partial charge in [0.05, 0.1) is 0 Å². The van der Waals surface area contributed by atoms with Gasteiger partial charge in [-0.2, -0.15) is 0 Å². The Morgan fingerprint density at radius 2 is 2.36 bits per heavy atom. The van der Waals surface area contributed by atoms with Gasteiger partial charge in [0.1, 0.15) is 5.60 Å². The van der Waals surface area contributed by atoms with Crippen LogP contribution in [0.1, 0.15) is 38.5 Å². The molecule has 1 aromatic rings. The number of hydrogen-bond donors (Lipinski definition) is 1.